The lowest BCUT2D eigenvalue weighted by Gasteiger charge is -2.10. The van der Waals surface area contributed by atoms with Gasteiger partial charge >= 0.3 is 5.97 Å². The maximum absolute atomic E-state index is 12.0. The Bertz CT molecular complexity index is 825. The van der Waals surface area contributed by atoms with E-state index in [-0.39, 0.29) is 39.2 Å². The summed E-state index contributed by atoms with van der Waals surface area (Å²) in [4.78, 5) is 20.7. The number of phenols is 1. The number of benzene rings is 1. The molecule has 0 aliphatic heterocycles. The van der Waals surface area contributed by atoms with Gasteiger partial charge in [0.15, 0.2) is 5.84 Å². The van der Waals surface area contributed by atoms with E-state index in [1.807, 2.05) is 13.8 Å². The average Bonchev–Trinajstić information content (AvgIpc) is 2.53. The number of carbonyl (C=O) groups is 1. The molecule has 7 nitrogen and oxygen atoms in total. The zero-order chi connectivity index (χ0) is 18.6. The van der Waals surface area contributed by atoms with Crippen molar-refractivity contribution in [2.75, 3.05) is 0 Å². The number of nitrogens with zero attached hydrogens (tertiary/aromatic N) is 2. The monoisotopic (exact) mass is 383 g/mol. The van der Waals surface area contributed by atoms with Gasteiger partial charge in [-0.15, -0.1) is 0 Å². The van der Waals surface area contributed by atoms with Crippen molar-refractivity contribution < 1.29 is 19.5 Å². The van der Waals surface area contributed by atoms with Gasteiger partial charge in [-0.3, -0.25) is 0 Å². The Morgan fingerprint density at radius 1 is 1.28 bits per heavy atom. The Morgan fingerprint density at radius 2 is 2.00 bits per heavy atom. The number of aromatic nitrogens is 1. The molecule has 1 aromatic heterocycles. The van der Waals surface area contributed by atoms with Crippen molar-refractivity contribution in [1.82, 2.24) is 4.98 Å². The normalized spacial score (nSPS) is 11.5. The number of phenolic OH excluding ortho intramolecular Hbond substituents is 1. The molecule has 132 valence electrons. The van der Waals surface area contributed by atoms with Crippen LogP contribution in [0, 0.1) is 0 Å². The van der Waals surface area contributed by atoms with Crippen LogP contribution in [0.2, 0.25) is 10.0 Å². The summed E-state index contributed by atoms with van der Waals surface area (Å²) < 4.78 is 5.38. The van der Waals surface area contributed by atoms with E-state index in [0.717, 1.165) is 0 Å². The Balaban J connectivity index is 2.12. The Labute approximate surface area is 154 Å². The minimum absolute atomic E-state index is 0.0250. The second-order valence-corrected chi connectivity index (χ2v) is 6.01. The van der Waals surface area contributed by atoms with E-state index in [4.69, 9.17) is 38.5 Å². The zero-order valence-corrected chi connectivity index (χ0v) is 14.9. The van der Waals surface area contributed by atoms with Gasteiger partial charge in [-0.25, -0.2) is 9.78 Å². The van der Waals surface area contributed by atoms with E-state index in [1.165, 1.54) is 30.5 Å². The van der Waals surface area contributed by atoms with Crippen LogP contribution in [0.4, 0.5) is 0 Å². The first-order chi connectivity index (χ1) is 11.8. The van der Waals surface area contributed by atoms with Crippen LogP contribution < -0.4 is 10.5 Å². The summed E-state index contributed by atoms with van der Waals surface area (Å²) in [5.41, 5.74) is 6.11. The number of ether oxygens (including phenoxy) is 1. The summed E-state index contributed by atoms with van der Waals surface area (Å²) in [5.74, 6) is -0.740. The van der Waals surface area contributed by atoms with Gasteiger partial charge in [0.2, 0.25) is 5.88 Å². The molecule has 3 N–H and O–H groups in total. The van der Waals surface area contributed by atoms with Gasteiger partial charge in [0.1, 0.15) is 10.8 Å². The van der Waals surface area contributed by atoms with Crippen LogP contribution in [0.15, 0.2) is 35.6 Å². The predicted octanol–water partition coefficient (Wildman–Crippen LogP) is 3.36. The van der Waals surface area contributed by atoms with Crippen LogP contribution in [0.5, 0.6) is 11.6 Å². The minimum Gasteiger partial charge on any atom is -0.508 e. The molecule has 0 spiro atoms. The van der Waals surface area contributed by atoms with Crippen LogP contribution in [0.3, 0.4) is 0 Å². The number of hydrogen-bond acceptors (Lipinski definition) is 6. The number of rotatable bonds is 5. The van der Waals surface area contributed by atoms with E-state index in [9.17, 15) is 9.90 Å². The lowest BCUT2D eigenvalue weighted by atomic mass is 10.2. The number of oxime groups is 1. The summed E-state index contributed by atoms with van der Waals surface area (Å²) >= 11 is 11.9. The molecule has 0 unspecified atom stereocenters. The number of aromatic hydroxyl groups is 1. The van der Waals surface area contributed by atoms with Gasteiger partial charge in [0, 0.05) is 11.8 Å². The third-order valence-electron chi connectivity index (χ3n) is 2.85. The van der Waals surface area contributed by atoms with Gasteiger partial charge in [0.05, 0.1) is 16.7 Å². The molecule has 0 aliphatic carbocycles. The Kier molecular flexibility index (Phi) is 6.06. The highest BCUT2D eigenvalue weighted by atomic mass is 35.5. The minimum atomic E-state index is -0.802. The number of pyridine rings is 1. The number of carbonyl (C=O) groups excluding carboxylic acids is 1. The van der Waals surface area contributed by atoms with Gasteiger partial charge in [-0.05, 0) is 38.1 Å². The zero-order valence-electron chi connectivity index (χ0n) is 13.4. The van der Waals surface area contributed by atoms with E-state index in [2.05, 4.69) is 10.1 Å². The summed E-state index contributed by atoms with van der Waals surface area (Å²) in [6.45, 7) is 3.65. The van der Waals surface area contributed by atoms with Gasteiger partial charge in [0.25, 0.3) is 0 Å². The van der Waals surface area contributed by atoms with E-state index in [0.29, 0.717) is 5.56 Å². The lowest BCUT2D eigenvalue weighted by Crippen LogP contribution is -2.16. The molecule has 0 saturated carbocycles. The molecule has 25 heavy (non-hydrogen) atoms. The van der Waals surface area contributed by atoms with Crippen molar-refractivity contribution >= 4 is 35.0 Å². The highest BCUT2D eigenvalue weighted by Gasteiger charge is 2.14. The SMILES string of the molecule is CC(C)Oc1ncc(C(=O)O/N=C(\N)c2ccc(O)cc2Cl)cc1Cl. The summed E-state index contributed by atoms with van der Waals surface area (Å²) in [5, 5.41) is 13.2. The first-order valence-corrected chi connectivity index (χ1v) is 7.89. The maximum Gasteiger partial charge on any atom is 0.367 e. The molecular formula is C16H15Cl2N3O4. The largest absolute Gasteiger partial charge is 0.508 e. The van der Waals surface area contributed by atoms with Crippen molar-refractivity contribution in [3.8, 4) is 11.6 Å². The van der Waals surface area contributed by atoms with Gasteiger partial charge in [-0.2, -0.15) is 0 Å². The quantitative estimate of drug-likeness (QED) is 0.354. The standard InChI is InChI=1S/C16H15Cl2N3O4/c1-8(2)24-15-13(18)5-9(7-20-15)16(23)25-21-14(19)11-4-3-10(22)6-12(11)17/h3-8,22H,1-2H3,(H2,19,21). The Hall–Kier alpha value is -2.51. The molecule has 0 aliphatic rings. The average molecular weight is 384 g/mol. The van der Waals surface area contributed by atoms with Crippen LogP contribution in [0.25, 0.3) is 0 Å². The fraction of sp³-hybridized carbons (Fsp3) is 0.188. The van der Waals surface area contributed by atoms with Crippen molar-refractivity contribution in [2.45, 2.75) is 20.0 Å². The van der Waals surface area contributed by atoms with E-state index in [1.54, 1.807) is 0 Å². The second kappa shape index (κ2) is 8.04. The van der Waals surface area contributed by atoms with Crippen LogP contribution in [-0.4, -0.2) is 28.0 Å². The third-order valence-corrected chi connectivity index (χ3v) is 3.43. The molecule has 0 saturated heterocycles. The topological polar surface area (TPSA) is 107 Å². The first-order valence-electron chi connectivity index (χ1n) is 7.14. The van der Waals surface area contributed by atoms with E-state index >= 15 is 0 Å². The van der Waals surface area contributed by atoms with Crippen molar-refractivity contribution in [1.29, 1.82) is 0 Å². The molecule has 2 aromatic rings. The van der Waals surface area contributed by atoms with Gasteiger partial charge < -0.3 is 20.4 Å². The molecule has 2 rings (SSSR count). The molecule has 9 heteroatoms. The summed E-state index contributed by atoms with van der Waals surface area (Å²) in [7, 11) is 0. The third kappa shape index (κ3) is 4.98. The molecule has 1 aromatic carbocycles. The molecule has 0 radical (unpaired) electrons. The van der Waals surface area contributed by atoms with Crippen LogP contribution in [-0.2, 0) is 4.84 Å². The molecule has 0 bridgehead atoms. The summed E-state index contributed by atoms with van der Waals surface area (Å²) in [6, 6.07) is 5.47. The van der Waals surface area contributed by atoms with Crippen LogP contribution in [0.1, 0.15) is 29.8 Å². The van der Waals surface area contributed by atoms with Gasteiger partial charge in [-0.1, -0.05) is 28.4 Å². The van der Waals surface area contributed by atoms with Crippen molar-refractivity contribution in [2.24, 2.45) is 10.9 Å². The summed E-state index contributed by atoms with van der Waals surface area (Å²) in [6.07, 6.45) is 1.15. The second-order valence-electron chi connectivity index (χ2n) is 5.20. The molecule has 0 atom stereocenters. The molecule has 0 fully saturated rings. The lowest BCUT2D eigenvalue weighted by molar-refractivity contribution is 0.0515. The van der Waals surface area contributed by atoms with Crippen LogP contribution >= 0.6 is 23.2 Å². The number of amidine groups is 1. The molecular weight excluding hydrogens is 369 g/mol. The van der Waals surface area contributed by atoms with E-state index < -0.39 is 5.97 Å². The van der Waals surface area contributed by atoms with Crippen molar-refractivity contribution in [3.63, 3.8) is 0 Å². The number of nitrogens with two attached hydrogens (primary N) is 1. The number of halogens is 2. The van der Waals surface area contributed by atoms with Crippen molar-refractivity contribution in [3.05, 3.63) is 51.6 Å². The molecule has 0 amide bonds. The highest BCUT2D eigenvalue weighted by molar-refractivity contribution is 6.34. The Morgan fingerprint density at radius 3 is 2.60 bits per heavy atom. The predicted molar refractivity (Wildman–Crippen MR) is 94.3 cm³/mol. The fourth-order valence-electron chi connectivity index (χ4n) is 1.75. The highest BCUT2D eigenvalue weighted by Crippen LogP contribution is 2.24. The molecule has 1 heterocycles. The number of hydrogen-bond donors (Lipinski definition) is 2. The maximum atomic E-state index is 12.0. The fourth-order valence-corrected chi connectivity index (χ4v) is 2.23. The smallest absolute Gasteiger partial charge is 0.367 e. The first kappa shape index (κ1) is 18.8.